The van der Waals surface area contributed by atoms with Gasteiger partial charge in [-0.15, -0.1) is 0 Å². The number of carbonyl (C=O) groups excluding carboxylic acids is 1. The number of aromatic nitrogens is 2. The summed E-state index contributed by atoms with van der Waals surface area (Å²) in [5.41, 5.74) is 1.58. The molecule has 0 aliphatic rings. The fraction of sp³-hybridized carbons (Fsp3) is 0.211. The van der Waals surface area contributed by atoms with Gasteiger partial charge < -0.3 is 14.2 Å². The minimum absolute atomic E-state index is 0.00685. The van der Waals surface area contributed by atoms with Gasteiger partial charge in [0.15, 0.2) is 0 Å². The molecule has 6 nitrogen and oxygen atoms in total. The summed E-state index contributed by atoms with van der Waals surface area (Å²) >= 11 is 6.23. The smallest absolute Gasteiger partial charge is 0.343 e. The third-order valence-corrected chi connectivity index (χ3v) is 4.01. The number of rotatable bonds is 6. The summed E-state index contributed by atoms with van der Waals surface area (Å²) in [5.74, 6) is 0.405. The van der Waals surface area contributed by atoms with Gasteiger partial charge in [0.25, 0.3) is 0 Å². The summed E-state index contributed by atoms with van der Waals surface area (Å²) in [6.07, 6.45) is 1.56. The van der Waals surface area contributed by atoms with E-state index >= 15 is 0 Å². The normalized spacial score (nSPS) is 10.6. The van der Waals surface area contributed by atoms with Crippen molar-refractivity contribution in [1.82, 2.24) is 9.97 Å². The maximum absolute atomic E-state index is 12.3. The van der Waals surface area contributed by atoms with Crippen LogP contribution in [-0.2, 0) is 11.3 Å². The molecule has 0 spiro atoms. The molecule has 134 valence electrons. The van der Waals surface area contributed by atoms with Gasteiger partial charge >= 0.3 is 5.97 Å². The predicted molar refractivity (Wildman–Crippen MR) is 97.8 cm³/mol. The Morgan fingerprint density at radius 1 is 1.23 bits per heavy atom. The molecule has 0 aliphatic carbocycles. The van der Waals surface area contributed by atoms with E-state index in [-0.39, 0.29) is 23.2 Å². The molecule has 0 unspecified atom stereocenters. The van der Waals surface area contributed by atoms with Crippen molar-refractivity contribution < 1.29 is 19.0 Å². The summed E-state index contributed by atoms with van der Waals surface area (Å²) < 4.78 is 15.9. The second-order valence-electron chi connectivity index (χ2n) is 5.36. The quantitative estimate of drug-likeness (QED) is 0.480. The molecule has 7 heteroatoms. The van der Waals surface area contributed by atoms with Gasteiger partial charge in [0, 0.05) is 23.2 Å². The van der Waals surface area contributed by atoms with E-state index < -0.39 is 5.97 Å². The third kappa shape index (κ3) is 3.86. The van der Waals surface area contributed by atoms with Gasteiger partial charge in [-0.1, -0.05) is 11.6 Å². The number of hydrogen-bond acceptors (Lipinski definition) is 6. The van der Waals surface area contributed by atoms with Gasteiger partial charge in [-0.2, -0.15) is 0 Å². The number of esters is 1. The van der Waals surface area contributed by atoms with Crippen LogP contribution in [0.5, 0.6) is 11.6 Å². The molecule has 0 N–H and O–H groups in total. The van der Waals surface area contributed by atoms with Crippen molar-refractivity contribution in [1.29, 1.82) is 0 Å². The number of benzene rings is 1. The van der Waals surface area contributed by atoms with Crippen molar-refractivity contribution in [3.8, 4) is 11.6 Å². The summed E-state index contributed by atoms with van der Waals surface area (Å²) in [6.45, 7) is 2.22. The Kier molecular flexibility index (Phi) is 5.53. The van der Waals surface area contributed by atoms with E-state index in [1.165, 1.54) is 0 Å². The molecule has 2 heterocycles. The summed E-state index contributed by atoms with van der Waals surface area (Å²) in [5, 5.41) is 1.15. The number of carbonyl (C=O) groups is 1. The largest absolute Gasteiger partial charge is 0.497 e. The van der Waals surface area contributed by atoms with E-state index in [0.717, 1.165) is 5.39 Å². The second kappa shape index (κ2) is 8.01. The van der Waals surface area contributed by atoms with Crippen molar-refractivity contribution in [2.75, 3.05) is 13.7 Å². The van der Waals surface area contributed by atoms with Gasteiger partial charge in [-0.3, -0.25) is 0 Å². The zero-order valence-corrected chi connectivity index (χ0v) is 15.1. The molecule has 26 heavy (non-hydrogen) atoms. The van der Waals surface area contributed by atoms with E-state index in [1.54, 1.807) is 31.5 Å². The van der Waals surface area contributed by atoms with Gasteiger partial charge in [-0.25, -0.2) is 14.8 Å². The minimum atomic E-state index is -0.535. The molecule has 3 aromatic rings. The molecule has 0 bridgehead atoms. The maximum Gasteiger partial charge on any atom is 0.343 e. The van der Waals surface area contributed by atoms with Crippen molar-refractivity contribution in [2.45, 2.75) is 13.5 Å². The number of methoxy groups -OCH3 is 1. The number of pyridine rings is 2. The van der Waals surface area contributed by atoms with Crippen molar-refractivity contribution in [3.63, 3.8) is 0 Å². The van der Waals surface area contributed by atoms with Crippen LogP contribution in [0.1, 0.15) is 22.8 Å². The molecule has 1 aromatic carbocycles. The molecule has 0 aliphatic heterocycles. The molecule has 0 radical (unpaired) electrons. The summed E-state index contributed by atoms with van der Waals surface area (Å²) in [6, 6.07) is 10.6. The lowest BCUT2D eigenvalue weighted by Crippen LogP contribution is -2.09. The van der Waals surface area contributed by atoms with Gasteiger partial charge in [0.2, 0.25) is 5.88 Å². The highest BCUT2D eigenvalue weighted by atomic mass is 35.5. The van der Waals surface area contributed by atoms with E-state index in [2.05, 4.69) is 9.97 Å². The van der Waals surface area contributed by atoms with Crippen molar-refractivity contribution >= 4 is 28.5 Å². The Hall–Kier alpha value is -2.86. The molecule has 2 aromatic heterocycles. The average Bonchev–Trinajstić information content (AvgIpc) is 2.66. The minimum Gasteiger partial charge on any atom is -0.497 e. The van der Waals surface area contributed by atoms with Gasteiger partial charge in [0.1, 0.15) is 23.1 Å². The van der Waals surface area contributed by atoms with E-state index in [9.17, 15) is 4.79 Å². The van der Waals surface area contributed by atoms with Crippen LogP contribution in [0.4, 0.5) is 0 Å². The van der Waals surface area contributed by atoms with E-state index in [1.807, 2.05) is 25.1 Å². The first-order valence-corrected chi connectivity index (χ1v) is 8.38. The fourth-order valence-corrected chi connectivity index (χ4v) is 2.61. The van der Waals surface area contributed by atoms with Crippen molar-refractivity contribution in [3.05, 3.63) is 58.9 Å². The molecule has 3 rings (SSSR count). The topological polar surface area (TPSA) is 70.5 Å². The Bertz CT molecular complexity index is 946. The van der Waals surface area contributed by atoms with Crippen LogP contribution in [0.3, 0.4) is 0 Å². The lowest BCUT2D eigenvalue weighted by Gasteiger charge is -2.10. The lowest BCUT2D eigenvalue weighted by atomic mass is 10.1. The first-order chi connectivity index (χ1) is 12.6. The number of halogens is 1. The van der Waals surface area contributed by atoms with Crippen LogP contribution in [-0.4, -0.2) is 29.7 Å². The Morgan fingerprint density at radius 3 is 2.85 bits per heavy atom. The van der Waals surface area contributed by atoms with Gasteiger partial charge in [0.05, 0.1) is 19.2 Å². The summed E-state index contributed by atoms with van der Waals surface area (Å²) in [4.78, 5) is 20.7. The highest BCUT2D eigenvalue weighted by Crippen LogP contribution is 2.25. The molecule has 0 saturated carbocycles. The van der Waals surface area contributed by atoms with E-state index in [4.69, 9.17) is 25.8 Å². The van der Waals surface area contributed by atoms with Crippen LogP contribution < -0.4 is 9.47 Å². The molecular weight excluding hydrogens is 356 g/mol. The first-order valence-electron chi connectivity index (χ1n) is 8.00. The monoisotopic (exact) mass is 372 g/mol. The zero-order valence-electron chi connectivity index (χ0n) is 14.4. The number of ether oxygens (including phenoxy) is 3. The van der Waals surface area contributed by atoms with E-state index in [0.29, 0.717) is 23.4 Å². The Morgan fingerprint density at radius 2 is 2.08 bits per heavy atom. The Labute approximate surface area is 155 Å². The average molecular weight is 373 g/mol. The number of nitrogens with zero attached hydrogens (tertiary/aromatic N) is 2. The van der Waals surface area contributed by atoms with Crippen molar-refractivity contribution in [2.24, 2.45) is 0 Å². The fourth-order valence-electron chi connectivity index (χ4n) is 2.41. The van der Waals surface area contributed by atoms with Crippen LogP contribution in [0.15, 0.2) is 42.6 Å². The molecule has 0 amide bonds. The van der Waals surface area contributed by atoms with Gasteiger partial charge in [-0.05, 0) is 37.3 Å². The van der Waals surface area contributed by atoms with Crippen LogP contribution in [0.25, 0.3) is 10.9 Å². The zero-order chi connectivity index (χ0) is 18.5. The first kappa shape index (κ1) is 17.9. The van der Waals surface area contributed by atoms with Crippen LogP contribution >= 0.6 is 11.6 Å². The predicted octanol–water partition coefficient (Wildman–Crippen LogP) is 4.05. The molecule has 0 atom stereocenters. The standard InChI is InChI=1S/C19H17ClN2O4/c1-3-25-18-15(5-4-8-21-18)19(23)26-11-13-9-12-6-7-14(24-2)10-16(12)22-17(13)20/h4-10H,3,11H2,1-2H3. The second-order valence-corrected chi connectivity index (χ2v) is 5.72. The Balaban J connectivity index is 1.79. The number of fused-ring (bicyclic) bond motifs is 1. The molecular formula is C19H17ClN2O4. The molecule has 0 saturated heterocycles. The maximum atomic E-state index is 12.3. The van der Waals surface area contributed by atoms with Crippen LogP contribution in [0.2, 0.25) is 5.15 Å². The van der Waals surface area contributed by atoms with Crippen LogP contribution in [0, 0.1) is 0 Å². The third-order valence-electron chi connectivity index (χ3n) is 3.68. The lowest BCUT2D eigenvalue weighted by molar-refractivity contribution is 0.0467. The highest BCUT2D eigenvalue weighted by molar-refractivity contribution is 6.30. The SMILES string of the molecule is CCOc1ncccc1C(=O)OCc1cc2ccc(OC)cc2nc1Cl. The number of hydrogen-bond donors (Lipinski definition) is 0. The highest BCUT2D eigenvalue weighted by Gasteiger charge is 2.16. The summed E-state index contributed by atoms with van der Waals surface area (Å²) in [7, 11) is 1.59. The molecule has 0 fully saturated rings.